The first-order chi connectivity index (χ1) is 16.1. The number of nitrogens with zero attached hydrogens (tertiary/aromatic N) is 2. The van der Waals surface area contributed by atoms with E-state index in [1.54, 1.807) is 29.7 Å². The monoisotopic (exact) mass is 497 g/mol. The van der Waals surface area contributed by atoms with Crippen molar-refractivity contribution in [1.82, 2.24) is 10.2 Å². The Morgan fingerprint density at radius 3 is 2.59 bits per heavy atom. The number of para-hydroxylation sites is 1. The zero-order chi connectivity index (χ0) is 25.0. The number of benzene rings is 1. The molecule has 184 valence electrons. The Labute approximate surface area is 200 Å². The van der Waals surface area contributed by atoms with Gasteiger partial charge in [0.05, 0.1) is 31.8 Å². The Balaban J connectivity index is 2.15. The van der Waals surface area contributed by atoms with E-state index >= 15 is 0 Å². The van der Waals surface area contributed by atoms with Crippen molar-refractivity contribution in [2.75, 3.05) is 20.3 Å². The Hall–Kier alpha value is -2.95. The van der Waals surface area contributed by atoms with E-state index in [-0.39, 0.29) is 35.8 Å². The van der Waals surface area contributed by atoms with Crippen molar-refractivity contribution in [3.05, 3.63) is 52.2 Å². The molecule has 7 nitrogen and oxygen atoms in total. The normalized spacial score (nSPS) is 17.9. The van der Waals surface area contributed by atoms with Gasteiger partial charge in [0, 0.05) is 17.8 Å². The molecule has 1 unspecified atom stereocenters. The number of hydrogen-bond acceptors (Lipinski definition) is 7. The molecule has 0 saturated heterocycles. The second kappa shape index (κ2) is 10.5. The van der Waals surface area contributed by atoms with E-state index in [4.69, 9.17) is 9.47 Å². The smallest absolute Gasteiger partial charge is 0.434 e. The van der Waals surface area contributed by atoms with Crippen molar-refractivity contribution in [2.24, 2.45) is 10.9 Å². The number of fused-ring (bicyclic) bond motifs is 1. The summed E-state index contributed by atoms with van der Waals surface area (Å²) in [5.41, 5.74) is -1.24. The summed E-state index contributed by atoms with van der Waals surface area (Å²) in [6, 6.07) is 5.24. The number of nitrogens with one attached hydrogen (secondary N) is 1. The number of carbonyl (C=O) groups excluding carboxylic acids is 2. The van der Waals surface area contributed by atoms with Gasteiger partial charge in [-0.05, 0) is 24.3 Å². The van der Waals surface area contributed by atoms with E-state index in [2.05, 4.69) is 10.3 Å². The van der Waals surface area contributed by atoms with Crippen LogP contribution in [0.15, 0.2) is 51.6 Å². The minimum absolute atomic E-state index is 0.0166. The number of thioether (sulfide) groups is 1. The number of amides is 1. The molecule has 0 bridgehead atoms. The zero-order valence-corrected chi connectivity index (χ0v) is 20.0. The van der Waals surface area contributed by atoms with Gasteiger partial charge in [-0.1, -0.05) is 43.8 Å². The standard InChI is InChI=1S/C23H26F3N3O4S/c1-5-33-21(31)18-19(15-8-6-7-9-16(15)32-4)29-14(10-17(30)27-11-13(2)3)12-34-22(29)28-20(18)23(24,25)26/h6-9,12-13,19H,5,10-11H2,1-4H3,(H,27,30). The summed E-state index contributed by atoms with van der Waals surface area (Å²) in [6.45, 7) is 5.76. The van der Waals surface area contributed by atoms with E-state index in [0.717, 1.165) is 11.8 Å². The summed E-state index contributed by atoms with van der Waals surface area (Å²) >= 11 is 0.966. The molecular formula is C23H26F3N3O4S. The molecule has 0 saturated carbocycles. The average Bonchev–Trinajstić information content (AvgIpc) is 3.18. The van der Waals surface area contributed by atoms with Crippen molar-refractivity contribution >= 4 is 28.8 Å². The van der Waals surface area contributed by atoms with E-state index in [1.165, 1.54) is 18.9 Å². The lowest BCUT2D eigenvalue weighted by Gasteiger charge is -2.37. The Kier molecular flexibility index (Phi) is 7.96. The van der Waals surface area contributed by atoms with Crippen molar-refractivity contribution in [2.45, 2.75) is 39.4 Å². The predicted octanol–water partition coefficient (Wildman–Crippen LogP) is 4.54. The molecular weight excluding hydrogens is 471 g/mol. The molecule has 3 rings (SSSR count). The highest BCUT2D eigenvalue weighted by molar-refractivity contribution is 8.16. The second-order valence-electron chi connectivity index (χ2n) is 7.99. The third-order valence-electron chi connectivity index (χ3n) is 5.06. The van der Waals surface area contributed by atoms with Crippen LogP contribution >= 0.6 is 11.8 Å². The number of methoxy groups -OCH3 is 1. The lowest BCUT2D eigenvalue weighted by molar-refractivity contribution is -0.140. The van der Waals surface area contributed by atoms with Crippen LogP contribution < -0.4 is 10.1 Å². The minimum Gasteiger partial charge on any atom is -0.496 e. The molecule has 1 aromatic rings. The number of allylic oxidation sites excluding steroid dienone is 1. The number of alkyl halides is 3. The molecule has 0 aromatic heterocycles. The molecule has 2 aliphatic heterocycles. The fourth-order valence-corrected chi connectivity index (χ4v) is 4.54. The number of ether oxygens (including phenoxy) is 2. The molecule has 0 spiro atoms. The van der Waals surface area contributed by atoms with Crippen molar-refractivity contribution in [3.8, 4) is 5.75 Å². The fourth-order valence-electron chi connectivity index (χ4n) is 3.62. The van der Waals surface area contributed by atoms with Crippen LogP contribution in [0.1, 0.15) is 38.8 Å². The van der Waals surface area contributed by atoms with Crippen LogP contribution in [0.2, 0.25) is 0 Å². The first-order valence-corrected chi connectivity index (χ1v) is 11.6. The van der Waals surface area contributed by atoms with Gasteiger partial charge in [0.25, 0.3) is 0 Å². The summed E-state index contributed by atoms with van der Waals surface area (Å²) in [5.74, 6) is -0.896. The van der Waals surface area contributed by atoms with E-state index < -0.39 is 29.5 Å². The van der Waals surface area contributed by atoms with Gasteiger partial charge in [0.15, 0.2) is 10.9 Å². The number of aliphatic imine (C=N–C) groups is 1. The number of esters is 1. The van der Waals surface area contributed by atoms with Gasteiger partial charge in [0.1, 0.15) is 5.75 Å². The molecule has 2 heterocycles. The van der Waals surface area contributed by atoms with Crippen LogP contribution in [-0.2, 0) is 14.3 Å². The maximum absolute atomic E-state index is 14.1. The fraction of sp³-hybridized carbons (Fsp3) is 0.435. The number of hydrogen-bond donors (Lipinski definition) is 1. The van der Waals surface area contributed by atoms with Gasteiger partial charge in [-0.3, -0.25) is 4.79 Å². The third kappa shape index (κ3) is 5.40. The summed E-state index contributed by atoms with van der Waals surface area (Å²) in [7, 11) is 1.39. The van der Waals surface area contributed by atoms with Crippen LogP contribution in [0, 0.1) is 5.92 Å². The van der Waals surface area contributed by atoms with Crippen LogP contribution in [0.3, 0.4) is 0 Å². The molecule has 1 N–H and O–H groups in total. The van der Waals surface area contributed by atoms with Gasteiger partial charge in [0.2, 0.25) is 5.91 Å². The molecule has 0 radical (unpaired) electrons. The molecule has 11 heteroatoms. The number of amidine groups is 1. The van der Waals surface area contributed by atoms with E-state index in [0.29, 0.717) is 17.8 Å². The van der Waals surface area contributed by atoms with Crippen LogP contribution in [0.4, 0.5) is 13.2 Å². The predicted molar refractivity (Wildman–Crippen MR) is 123 cm³/mol. The first kappa shape index (κ1) is 25.7. The number of rotatable bonds is 8. The summed E-state index contributed by atoms with van der Waals surface area (Å²) < 4.78 is 52.7. The lowest BCUT2D eigenvalue weighted by atomic mass is 9.92. The molecule has 1 atom stereocenters. The van der Waals surface area contributed by atoms with Gasteiger partial charge >= 0.3 is 12.1 Å². The Bertz CT molecular complexity index is 1050. The maximum atomic E-state index is 14.1. The van der Waals surface area contributed by atoms with E-state index in [9.17, 15) is 22.8 Å². The molecule has 0 aliphatic carbocycles. The molecule has 1 amide bonds. The van der Waals surface area contributed by atoms with Crippen LogP contribution in [-0.4, -0.2) is 48.4 Å². The Morgan fingerprint density at radius 2 is 1.97 bits per heavy atom. The zero-order valence-electron chi connectivity index (χ0n) is 19.2. The summed E-state index contributed by atoms with van der Waals surface area (Å²) in [4.78, 5) is 30.7. The van der Waals surface area contributed by atoms with Crippen LogP contribution in [0.5, 0.6) is 5.75 Å². The topological polar surface area (TPSA) is 80.2 Å². The largest absolute Gasteiger partial charge is 0.496 e. The second-order valence-corrected chi connectivity index (χ2v) is 8.83. The van der Waals surface area contributed by atoms with Gasteiger partial charge in [-0.15, -0.1) is 0 Å². The Morgan fingerprint density at radius 1 is 1.26 bits per heavy atom. The third-order valence-corrected chi connectivity index (χ3v) is 5.95. The average molecular weight is 498 g/mol. The van der Waals surface area contributed by atoms with Gasteiger partial charge in [-0.2, -0.15) is 13.2 Å². The van der Waals surface area contributed by atoms with Crippen molar-refractivity contribution in [1.29, 1.82) is 0 Å². The first-order valence-electron chi connectivity index (χ1n) is 10.7. The maximum Gasteiger partial charge on any atom is 0.434 e. The van der Waals surface area contributed by atoms with Crippen molar-refractivity contribution < 1.29 is 32.2 Å². The molecule has 2 aliphatic rings. The summed E-state index contributed by atoms with van der Waals surface area (Å²) in [5, 5.41) is 4.40. The SMILES string of the molecule is CCOC(=O)C1=C(C(F)(F)F)N=C2SC=C(CC(=O)NCC(C)C)N2C1c1ccccc1OC. The van der Waals surface area contributed by atoms with E-state index in [1.807, 2.05) is 13.8 Å². The highest BCUT2D eigenvalue weighted by atomic mass is 32.2. The highest BCUT2D eigenvalue weighted by Gasteiger charge is 2.49. The minimum atomic E-state index is -4.90. The molecule has 0 fully saturated rings. The quantitative estimate of drug-likeness (QED) is 0.532. The van der Waals surface area contributed by atoms with Crippen LogP contribution in [0.25, 0.3) is 0 Å². The molecule has 1 aromatic carbocycles. The molecule has 34 heavy (non-hydrogen) atoms. The number of halogens is 3. The van der Waals surface area contributed by atoms with Crippen molar-refractivity contribution in [3.63, 3.8) is 0 Å². The number of carbonyl (C=O) groups is 2. The van der Waals surface area contributed by atoms with Gasteiger partial charge < -0.3 is 19.7 Å². The highest BCUT2D eigenvalue weighted by Crippen LogP contribution is 2.49. The van der Waals surface area contributed by atoms with Gasteiger partial charge in [-0.25, -0.2) is 9.79 Å². The summed E-state index contributed by atoms with van der Waals surface area (Å²) in [6.07, 6.45) is -5.00. The lowest BCUT2D eigenvalue weighted by Crippen LogP contribution is -2.40.